The molecule has 0 fully saturated rings. The number of aromatic nitrogens is 2. The van der Waals surface area contributed by atoms with Gasteiger partial charge >= 0.3 is 27.1 Å². The minimum atomic E-state index is -0.641. The minimum absolute atomic E-state index is 0. The molecule has 0 atom stereocenters. The van der Waals surface area contributed by atoms with Crippen molar-refractivity contribution in [2.45, 2.75) is 5.41 Å². The second kappa shape index (κ2) is 10.5. The van der Waals surface area contributed by atoms with Crippen molar-refractivity contribution < 1.29 is 30.2 Å². The number of hydrogen-bond donors (Lipinski definition) is 0. The van der Waals surface area contributed by atoms with Gasteiger partial charge in [-0.3, -0.25) is 0 Å². The van der Waals surface area contributed by atoms with Crippen molar-refractivity contribution in [1.29, 1.82) is 0 Å². The fourth-order valence-corrected chi connectivity index (χ4v) is 7.15. The van der Waals surface area contributed by atoms with Crippen molar-refractivity contribution in [2.24, 2.45) is 0 Å². The molecule has 2 aliphatic rings. The van der Waals surface area contributed by atoms with Crippen LogP contribution >= 0.6 is 0 Å². The Balaban J connectivity index is 0.00000300. The first-order chi connectivity index (χ1) is 21.7. The largest absolute Gasteiger partial charge is 2.00 e. The second-order valence-electron chi connectivity index (χ2n) is 11.3. The van der Waals surface area contributed by atoms with Crippen LogP contribution in [0.4, 0.5) is 5.69 Å². The molecule has 1 aliphatic heterocycles. The molecule has 7 aromatic rings. The normalized spacial score (nSPS) is 14.2. The Kier molecular flexibility index (Phi) is 6.39. The van der Waals surface area contributed by atoms with Gasteiger partial charge in [-0.1, -0.05) is 93.5 Å². The summed E-state index contributed by atoms with van der Waals surface area (Å²) in [4.78, 5) is 4.77. The molecule has 0 N–H and O–H groups in total. The Labute approximate surface area is 275 Å². The summed E-state index contributed by atoms with van der Waals surface area (Å²) in [5.74, 6) is 0.873. The topological polar surface area (TPSA) is 23.8 Å². The van der Waals surface area contributed by atoms with E-state index in [9.17, 15) is 0 Å². The average molecular weight is 758 g/mol. The van der Waals surface area contributed by atoms with Crippen LogP contribution < -0.4 is 0 Å². The monoisotopic (exact) mass is 757 g/mol. The maximum absolute atomic E-state index is 4.77. The van der Waals surface area contributed by atoms with Crippen LogP contribution in [0.3, 0.4) is 0 Å². The van der Waals surface area contributed by atoms with Gasteiger partial charge in [0.2, 0.25) is 6.20 Å². The van der Waals surface area contributed by atoms with E-state index in [0.29, 0.717) is 0 Å². The first-order valence-corrected chi connectivity index (χ1v) is 14.8. The maximum atomic E-state index is 4.77. The predicted octanol–water partition coefficient (Wildman–Crippen LogP) is 8.08. The molecular formula is C40H26N4Pt+2. The number of benzene rings is 5. The van der Waals surface area contributed by atoms with Gasteiger partial charge in [0, 0.05) is 17.1 Å². The Morgan fingerprint density at radius 3 is 2.11 bits per heavy atom. The molecule has 3 heterocycles. The van der Waals surface area contributed by atoms with Crippen molar-refractivity contribution in [1.82, 2.24) is 9.55 Å². The van der Waals surface area contributed by atoms with Crippen molar-refractivity contribution in [3.63, 3.8) is 0 Å². The van der Waals surface area contributed by atoms with Gasteiger partial charge in [0.05, 0.1) is 0 Å². The van der Waals surface area contributed by atoms with E-state index in [-0.39, 0.29) is 21.1 Å². The Bertz CT molecular complexity index is 2350. The van der Waals surface area contributed by atoms with Gasteiger partial charge in [0.15, 0.2) is 7.05 Å². The molecule has 0 radical (unpaired) electrons. The number of fused-ring (bicyclic) bond motifs is 6. The van der Waals surface area contributed by atoms with E-state index in [1.54, 1.807) is 0 Å². The van der Waals surface area contributed by atoms with Gasteiger partial charge in [-0.2, -0.15) is 30.3 Å². The van der Waals surface area contributed by atoms with Crippen LogP contribution in [0.1, 0.15) is 22.3 Å². The molecule has 2 aromatic heterocycles. The molecule has 0 spiro atoms. The molecule has 4 nitrogen and oxygen atoms in total. The Hall–Kier alpha value is -5.14. The predicted molar refractivity (Wildman–Crippen MR) is 174 cm³/mol. The molecule has 0 amide bonds. The summed E-state index contributed by atoms with van der Waals surface area (Å²) in [6.45, 7) is 0. The van der Waals surface area contributed by atoms with E-state index in [2.05, 4.69) is 132 Å². The van der Waals surface area contributed by atoms with Crippen molar-refractivity contribution in [3.8, 4) is 16.9 Å². The third kappa shape index (κ3) is 3.93. The Morgan fingerprint density at radius 2 is 1.38 bits per heavy atom. The van der Waals surface area contributed by atoms with E-state index >= 15 is 0 Å². The van der Waals surface area contributed by atoms with E-state index in [0.717, 1.165) is 39.1 Å². The first-order valence-electron chi connectivity index (χ1n) is 14.8. The van der Waals surface area contributed by atoms with Crippen LogP contribution in [0.2, 0.25) is 0 Å². The quantitative estimate of drug-likeness (QED) is 0.132. The van der Waals surface area contributed by atoms with Gasteiger partial charge in [0.25, 0.3) is 6.20 Å². The van der Waals surface area contributed by atoms with Crippen molar-refractivity contribution in [3.05, 3.63) is 174 Å². The first kappa shape index (κ1) is 27.4. The summed E-state index contributed by atoms with van der Waals surface area (Å²) >= 11 is 0. The second-order valence-corrected chi connectivity index (χ2v) is 11.3. The van der Waals surface area contributed by atoms with E-state index in [1.807, 2.05) is 46.9 Å². The molecule has 214 valence electrons. The van der Waals surface area contributed by atoms with Crippen LogP contribution in [0.25, 0.3) is 38.8 Å². The standard InChI is InChI=1S/C40H26N4.Pt/c1-42-23-24-43(27-42)30-12-10-11-28(25-30)40(35-16-5-2-13-31(35)32-14-3-6-17-36(32)40)29-20-21-34-33-15-4-7-18-37(33)44(38(34)26-29)39-19-8-9-22-41-39;/h2-24H,1H3;/q;+2. The van der Waals surface area contributed by atoms with Gasteiger partial charge in [0.1, 0.15) is 11.5 Å². The Morgan fingerprint density at radius 1 is 0.667 bits per heavy atom. The number of pyridine rings is 1. The third-order valence-corrected chi connectivity index (χ3v) is 8.97. The molecule has 0 bridgehead atoms. The van der Waals surface area contributed by atoms with Gasteiger partial charge in [-0.15, -0.1) is 22.6 Å². The van der Waals surface area contributed by atoms with E-state index in [4.69, 9.17) is 4.98 Å². The molecule has 9 rings (SSSR count). The van der Waals surface area contributed by atoms with Crippen molar-refractivity contribution >= 4 is 33.5 Å². The summed E-state index contributed by atoms with van der Waals surface area (Å²) < 4.78 is 6.16. The molecule has 45 heavy (non-hydrogen) atoms. The number of rotatable bonds is 4. The fourth-order valence-electron chi connectivity index (χ4n) is 7.15. The van der Waals surface area contributed by atoms with Crippen LogP contribution in [0.15, 0.2) is 140 Å². The van der Waals surface area contributed by atoms with Gasteiger partial charge < -0.3 is 4.57 Å². The zero-order valence-corrected chi connectivity index (χ0v) is 26.7. The summed E-state index contributed by atoms with van der Waals surface area (Å²) in [6, 6.07) is 54.3. The van der Waals surface area contributed by atoms with Gasteiger partial charge in [-0.25, -0.2) is 4.98 Å². The third-order valence-electron chi connectivity index (χ3n) is 8.97. The zero-order valence-electron chi connectivity index (χ0n) is 24.4. The smallest absolute Gasteiger partial charge is 0.319 e. The van der Waals surface area contributed by atoms with Crippen LogP contribution in [-0.4, -0.2) is 31.8 Å². The number of nitrogens with zero attached hydrogens (tertiary/aromatic N) is 4. The fraction of sp³-hybridized carbons (Fsp3) is 0.0500. The summed E-state index contributed by atoms with van der Waals surface area (Å²) in [7, 11) is 1.98. The van der Waals surface area contributed by atoms with E-state index < -0.39 is 5.41 Å². The number of hydrogen-bond acceptors (Lipinski definition) is 1. The maximum Gasteiger partial charge on any atom is 2.00 e. The molecule has 0 saturated heterocycles. The molecule has 0 unspecified atom stereocenters. The molecule has 1 aliphatic carbocycles. The molecule has 0 saturated carbocycles. The average Bonchev–Trinajstić information content (AvgIpc) is 3.76. The molecular weight excluding hydrogens is 732 g/mol. The van der Waals surface area contributed by atoms with Crippen LogP contribution in [0, 0.1) is 12.1 Å². The minimum Gasteiger partial charge on any atom is -0.319 e. The van der Waals surface area contributed by atoms with Crippen molar-refractivity contribution in [2.75, 3.05) is 7.05 Å². The van der Waals surface area contributed by atoms with Crippen LogP contribution in [-0.2, 0) is 26.5 Å². The molecule has 5 heteroatoms. The summed E-state index contributed by atoms with van der Waals surface area (Å²) in [6.07, 6.45) is 5.86. The summed E-state index contributed by atoms with van der Waals surface area (Å²) in [5.41, 5.74) is 9.47. The molecule has 5 aromatic carbocycles. The SMILES string of the molecule is C[N+]1=C=[N+](c2[c-]c(C3(c4[c-]c5c(cc4)c4ccccc4n5-c4ccccn4)c4ccccc4-c4ccccc43)ccc2)C=C1.[Pt+2]. The summed E-state index contributed by atoms with van der Waals surface area (Å²) in [5, 5.41) is 2.33. The zero-order chi connectivity index (χ0) is 29.3. The van der Waals surface area contributed by atoms with Gasteiger partial charge in [-0.05, 0) is 45.8 Å². The van der Waals surface area contributed by atoms with E-state index in [1.165, 1.54) is 27.6 Å². The number of para-hydroxylation sites is 1. The van der Waals surface area contributed by atoms with Crippen LogP contribution in [0.5, 0.6) is 0 Å².